The molecule has 1 aromatic heterocycles. The third-order valence-corrected chi connectivity index (χ3v) is 10.6. The Labute approximate surface area is 265 Å². The summed E-state index contributed by atoms with van der Waals surface area (Å²) in [6, 6.07) is 13.0. The van der Waals surface area contributed by atoms with Crippen LogP contribution in [0, 0.1) is 11.8 Å². The highest BCUT2D eigenvalue weighted by Gasteiger charge is 2.44. The molecule has 0 radical (unpaired) electrons. The number of thiazole rings is 1. The van der Waals surface area contributed by atoms with Gasteiger partial charge >= 0.3 is 5.97 Å². The minimum Gasteiger partial charge on any atom is -0.488 e. The largest absolute Gasteiger partial charge is 0.488 e. The SMILES string of the molecule is O=C(O)[C@H]1CCCC[C@H]1C(=O)N1CCc2cccc(OC3CCN(C(=O)c4cncs4)C3)c2[C@H]1CN1Cc2ccccc2C1=O. The van der Waals surface area contributed by atoms with Crippen molar-refractivity contribution in [2.75, 3.05) is 26.2 Å². The average molecular weight is 629 g/mol. The molecule has 1 unspecified atom stereocenters. The number of carbonyl (C=O) groups excluding carboxylic acids is 3. The van der Waals surface area contributed by atoms with Crippen LogP contribution in [0.5, 0.6) is 5.75 Å². The van der Waals surface area contributed by atoms with Crippen LogP contribution in [-0.2, 0) is 22.6 Å². The number of carboxylic acids is 1. The summed E-state index contributed by atoms with van der Waals surface area (Å²) in [7, 11) is 0. The molecule has 45 heavy (non-hydrogen) atoms. The first-order chi connectivity index (χ1) is 21.9. The molecule has 1 saturated carbocycles. The molecule has 1 saturated heterocycles. The number of benzene rings is 2. The van der Waals surface area contributed by atoms with Crippen LogP contribution in [-0.4, -0.2) is 80.8 Å². The molecule has 4 heterocycles. The molecule has 11 heteroatoms. The first-order valence-electron chi connectivity index (χ1n) is 15.8. The summed E-state index contributed by atoms with van der Waals surface area (Å²) in [6.07, 6.45) is 5.30. The number of carbonyl (C=O) groups is 4. The van der Waals surface area contributed by atoms with Crippen LogP contribution in [0.25, 0.3) is 0 Å². The van der Waals surface area contributed by atoms with E-state index in [0.29, 0.717) is 68.1 Å². The van der Waals surface area contributed by atoms with E-state index in [1.165, 1.54) is 11.3 Å². The second-order valence-corrected chi connectivity index (χ2v) is 13.3. The fourth-order valence-electron chi connectivity index (χ4n) is 7.57. The Bertz CT molecular complexity index is 1630. The number of rotatable bonds is 7. The Kier molecular flexibility index (Phi) is 8.03. The first kappa shape index (κ1) is 29.5. The summed E-state index contributed by atoms with van der Waals surface area (Å²) in [4.78, 5) is 63.1. The molecule has 3 amide bonds. The summed E-state index contributed by atoms with van der Waals surface area (Å²) in [5.74, 6) is -1.86. The molecule has 2 fully saturated rings. The predicted octanol–water partition coefficient (Wildman–Crippen LogP) is 4.41. The lowest BCUT2D eigenvalue weighted by atomic mass is 9.77. The lowest BCUT2D eigenvalue weighted by Crippen LogP contribution is -2.50. The minimum absolute atomic E-state index is 0.0547. The maximum absolute atomic E-state index is 14.3. The Balaban J connectivity index is 1.19. The minimum atomic E-state index is -0.921. The highest BCUT2D eigenvalue weighted by molar-refractivity contribution is 7.11. The molecule has 1 N–H and O–H groups in total. The average Bonchev–Trinajstić information content (AvgIpc) is 3.82. The van der Waals surface area contributed by atoms with Crippen LogP contribution < -0.4 is 4.74 Å². The molecule has 4 aliphatic rings. The van der Waals surface area contributed by atoms with Crippen LogP contribution in [0.15, 0.2) is 54.2 Å². The lowest BCUT2D eigenvalue weighted by molar-refractivity contribution is -0.153. The van der Waals surface area contributed by atoms with Crippen LogP contribution >= 0.6 is 11.3 Å². The summed E-state index contributed by atoms with van der Waals surface area (Å²) < 4.78 is 6.65. The number of aliphatic carboxylic acids is 1. The summed E-state index contributed by atoms with van der Waals surface area (Å²) in [5.41, 5.74) is 5.20. The maximum Gasteiger partial charge on any atom is 0.307 e. The Morgan fingerprint density at radius 3 is 2.56 bits per heavy atom. The highest BCUT2D eigenvalue weighted by Crippen LogP contribution is 2.42. The second-order valence-electron chi connectivity index (χ2n) is 12.5. The van der Waals surface area contributed by atoms with Gasteiger partial charge in [-0.15, -0.1) is 11.3 Å². The number of carboxylic acid groups (broad SMARTS) is 1. The molecule has 4 atom stereocenters. The van der Waals surface area contributed by atoms with Gasteiger partial charge in [0, 0.05) is 43.7 Å². The van der Waals surface area contributed by atoms with Crippen molar-refractivity contribution in [1.29, 1.82) is 0 Å². The number of hydrogen-bond acceptors (Lipinski definition) is 7. The topological polar surface area (TPSA) is 120 Å². The third-order valence-electron chi connectivity index (χ3n) is 9.83. The van der Waals surface area contributed by atoms with Gasteiger partial charge in [-0.05, 0) is 42.5 Å². The molecule has 1 aliphatic carbocycles. The zero-order valence-electron chi connectivity index (χ0n) is 25.0. The number of aromatic nitrogens is 1. The van der Waals surface area contributed by atoms with E-state index in [0.717, 1.165) is 29.5 Å². The normalized spacial score (nSPS) is 24.4. The van der Waals surface area contributed by atoms with Gasteiger partial charge in [-0.25, -0.2) is 0 Å². The number of likely N-dealkylation sites (tertiary alicyclic amines) is 1. The van der Waals surface area contributed by atoms with E-state index in [9.17, 15) is 24.3 Å². The zero-order chi connectivity index (χ0) is 31.1. The van der Waals surface area contributed by atoms with Crippen LogP contribution in [0.1, 0.15) is 74.9 Å². The first-order valence-corrected chi connectivity index (χ1v) is 16.6. The fraction of sp³-hybridized carbons (Fsp3) is 0.441. The molecule has 10 nitrogen and oxygen atoms in total. The number of hydrogen-bond donors (Lipinski definition) is 1. The fourth-order valence-corrected chi connectivity index (χ4v) is 8.15. The third kappa shape index (κ3) is 5.58. The number of ether oxygens (including phenoxy) is 1. The number of nitrogens with zero attached hydrogens (tertiary/aromatic N) is 4. The quantitative estimate of drug-likeness (QED) is 0.412. The van der Waals surface area contributed by atoms with Gasteiger partial charge in [0.15, 0.2) is 0 Å². The summed E-state index contributed by atoms with van der Waals surface area (Å²) in [5, 5.41) is 9.99. The van der Waals surface area contributed by atoms with Crippen LogP contribution in [0.4, 0.5) is 0 Å². The van der Waals surface area contributed by atoms with Crippen molar-refractivity contribution in [2.45, 2.75) is 57.2 Å². The molecule has 2 aromatic carbocycles. The van der Waals surface area contributed by atoms with E-state index in [1.807, 2.05) is 47.4 Å². The van der Waals surface area contributed by atoms with Gasteiger partial charge in [-0.2, -0.15) is 0 Å². The van der Waals surface area contributed by atoms with E-state index < -0.39 is 23.8 Å². The second kappa shape index (κ2) is 12.3. The van der Waals surface area contributed by atoms with Gasteiger partial charge in [0.25, 0.3) is 11.8 Å². The standard InChI is InChI=1S/C34H36N4O6S/c39-31-24-8-2-1-6-22(24)17-37(31)19-27-30-21(12-15-38(27)32(40)25-9-3-4-10-26(25)34(42)43)7-5-11-28(30)44-23-13-14-36(18-23)33(41)29-16-35-20-45-29/h1-2,5-8,11,16,20,23,25-27H,3-4,9-10,12-15,17-19H2,(H,42,43)/t23?,25-,26+,27-/m1/s1. The van der Waals surface area contributed by atoms with E-state index in [4.69, 9.17) is 4.74 Å². The van der Waals surface area contributed by atoms with Gasteiger partial charge in [-0.1, -0.05) is 43.2 Å². The van der Waals surface area contributed by atoms with Crippen molar-refractivity contribution < 1.29 is 29.0 Å². The van der Waals surface area contributed by atoms with Gasteiger partial charge < -0.3 is 24.5 Å². The van der Waals surface area contributed by atoms with Crippen LogP contribution in [0.2, 0.25) is 0 Å². The van der Waals surface area contributed by atoms with Gasteiger partial charge in [0.2, 0.25) is 5.91 Å². The Morgan fingerprint density at radius 1 is 0.978 bits per heavy atom. The van der Waals surface area contributed by atoms with E-state index in [2.05, 4.69) is 4.98 Å². The highest BCUT2D eigenvalue weighted by atomic mass is 32.1. The van der Waals surface area contributed by atoms with Gasteiger partial charge in [0.1, 0.15) is 16.7 Å². The number of fused-ring (bicyclic) bond motifs is 2. The lowest BCUT2D eigenvalue weighted by Gasteiger charge is -2.43. The van der Waals surface area contributed by atoms with Crippen molar-refractivity contribution in [3.8, 4) is 5.75 Å². The Morgan fingerprint density at radius 2 is 1.78 bits per heavy atom. The maximum atomic E-state index is 14.3. The zero-order valence-corrected chi connectivity index (χ0v) is 25.8. The molecule has 3 aliphatic heterocycles. The molecular formula is C34H36N4O6S. The van der Waals surface area contributed by atoms with Crippen molar-refractivity contribution in [3.63, 3.8) is 0 Å². The van der Waals surface area contributed by atoms with Gasteiger partial charge in [-0.3, -0.25) is 24.2 Å². The molecule has 0 spiro atoms. The predicted molar refractivity (Wildman–Crippen MR) is 166 cm³/mol. The number of amides is 3. The molecular weight excluding hydrogens is 592 g/mol. The smallest absolute Gasteiger partial charge is 0.307 e. The molecule has 0 bridgehead atoms. The Hall–Kier alpha value is -4.25. The van der Waals surface area contributed by atoms with Crippen LogP contribution in [0.3, 0.4) is 0 Å². The monoisotopic (exact) mass is 628 g/mol. The molecule has 3 aromatic rings. The van der Waals surface area contributed by atoms with Crippen molar-refractivity contribution >= 4 is 35.0 Å². The van der Waals surface area contributed by atoms with E-state index in [-0.39, 0.29) is 30.4 Å². The summed E-state index contributed by atoms with van der Waals surface area (Å²) in [6.45, 7) is 2.18. The summed E-state index contributed by atoms with van der Waals surface area (Å²) >= 11 is 1.32. The van der Waals surface area contributed by atoms with Crippen molar-refractivity contribution in [3.05, 3.63) is 81.3 Å². The van der Waals surface area contributed by atoms with Gasteiger partial charge in [0.05, 0.1) is 36.1 Å². The van der Waals surface area contributed by atoms with E-state index in [1.54, 1.807) is 21.5 Å². The van der Waals surface area contributed by atoms with E-state index >= 15 is 0 Å². The van der Waals surface area contributed by atoms with Crippen molar-refractivity contribution in [2.24, 2.45) is 11.8 Å². The molecule has 7 rings (SSSR count). The van der Waals surface area contributed by atoms with Crippen molar-refractivity contribution in [1.82, 2.24) is 19.7 Å². The molecule has 234 valence electrons.